The second-order valence-corrected chi connectivity index (χ2v) is 15.0. The van der Waals surface area contributed by atoms with Gasteiger partial charge < -0.3 is 36.3 Å². The summed E-state index contributed by atoms with van der Waals surface area (Å²) in [5.41, 5.74) is 3.64. The van der Waals surface area contributed by atoms with Crippen molar-refractivity contribution in [3.8, 4) is 11.5 Å². The van der Waals surface area contributed by atoms with Gasteiger partial charge in [0.15, 0.2) is 11.1 Å². The van der Waals surface area contributed by atoms with Crippen LogP contribution < -0.4 is 42.9 Å². The van der Waals surface area contributed by atoms with E-state index in [1.165, 1.54) is 32.6 Å². The van der Waals surface area contributed by atoms with E-state index in [9.17, 15) is 5.11 Å². The highest BCUT2D eigenvalue weighted by Gasteiger charge is 2.50. The predicted octanol–water partition coefficient (Wildman–Crippen LogP) is 3.19. The van der Waals surface area contributed by atoms with Gasteiger partial charge in [-0.3, -0.25) is 0 Å². The van der Waals surface area contributed by atoms with Gasteiger partial charge in [0.25, 0.3) is 0 Å². The fourth-order valence-corrected chi connectivity index (χ4v) is 10.5. The lowest BCUT2D eigenvalue weighted by molar-refractivity contribution is -0.0828. The summed E-state index contributed by atoms with van der Waals surface area (Å²) in [6.45, 7) is 12.2. The van der Waals surface area contributed by atoms with Gasteiger partial charge in [-0.25, -0.2) is 0 Å². The first-order chi connectivity index (χ1) is 19.9. The lowest BCUT2D eigenvalue weighted by atomic mass is 10.2. The summed E-state index contributed by atoms with van der Waals surface area (Å²) in [7, 11) is -1.88. The smallest absolute Gasteiger partial charge is 0.162 e. The Morgan fingerprint density at radius 3 is 1.57 bits per heavy atom. The van der Waals surface area contributed by atoms with Crippen LogP contribution in [0.15, 0.2) is 91.0 Å². The largest absolute Gasteiger partial charge is 1.00 e. The molecule has 0 saturated heterocycles. The molecule has 2 radical (unpaired) electrons. The van der Waals surface area contributed by atoms with Gasteiger partial charge in [-0.2, -0.15) is 0 Å². The zero-order chi connectivity index (χ0) is 29.2. The van der Waals surface area contributed by atoms with E-state index in [1.807, 2.05) is 26.0 Å². The van der Waals surface area contributed by atoms with Gasteiger partial charge >= 0.3 is 0 Å². The molecule has 0 spiro atoms. The Morgan fingerprint density at radius 1 is 0.690 bits per heavy atom. The van der Waals surface area contributed by atoms with Gasteiger partial charge in [0, 0.05) is 19.3 Å². The van der Waals surface area contributed by atoms with E-state index in [1.54, 1.807) is 6.07 Å². The Hall–Kier alpha value is -2.47. The van der Waals surface area contributed by atoms with Gasteiger partial charge in [-0.15, -0.1) is 0 Å². The predicted molar refractivity (Wildman–Crippen MR) is 175 cm³/mol. The number of aromatic hydroxyl groups is 1. The Balaban J connectivity index is 0.00000484. The zero-order valence-corrected chi connectivity index (χ0v) is 28.8. The second kappa shape index (κ2) is 16.4. The number of phenolic OH excluding ortho intramolecular Hbond substituents is 1. The Bertz CT molecular complexity index is 1260. The number of benzene rings is 4. The number of hydrogen-bond acceptors (Lipinski definition) is 4. The normalized spacial score (nSPS) is 11.4. The van der Waals surface area contributed by atoms with Crippen molar-refractivity contribution in [3.05, 3.63) is 108 Å². The van der Waals surface area contributed by atoms with Crippen molar-refractivity contribution in [2.24, 2.45) is 0 Å². The van der Waals surface area contributed by atoms with Crippen molar-refractivity contribution in [3.63, 3.8) is 0 Å². The molecule has 0 aromatic heterocycles. The average molecular weight is 666 g/mol. The molecule has 4 nitrogen and oxygen atoms in total. The molecule has 4 aromatic carbocycles. The van der Waals surface area contributed by atoms with Crippen molar-refractivity contribution in [2.45, 2.75) is 53.0 Å². The van der Waals surface area contributed by atoms with Crippen LogP contribution in [0.25, 0.3) is 0 Å². The van der Waals surface area contributed by atoms with E-state index in [-0.39, 0.29) is 28.6 Å². The van der Waals surface area contributed by atoms with Crippen LogP contribution in [0.3, 0.4) is 0 Å². The van der Waals surface area contributed by atoms with Crippen LogP contribution in [-0.2, 0) is 9.47 Å². The number of halogens is 1. The van der Waals surface area contributed by atoms with E-state index >= 15 is 0 Å². The van der Waals surface area contributed by atoms with E-state index < -0.39 is 7.26 Å². The van der Waals surface area contributed by atoms with Crippen LogP contribution in [-0.4, -0.2) is 40.4 Å². The van der Waals surface area contributed by atoms with E-state index in [0.29, 0.717) is 29.3 Å². The zero-order valence-electron chi connectivity index (χ0n) is 25.3. The molecule has 0 heterocycles. The minimum atomic E-state index is -2.44. The van der Waals surface area contributed by atoms with Crippen molar-refractivity contribution >= 4 is 38.0 Å². The average Bonchev–Trinajstić information content (AvgIpc) is 2.97. The van der Waals surface area contributed by atoms with Crippen LogP contribution in [0.5, 0.6) is 11.5 Å². The lowest BCUT2D eigenvalue weighted by Crippen LogP contribution is -3.00. The molecule has 42 heavy (non-hydrogen) atoms. The second-order valence-electron chi connectivity index (χ2n) is 10.2. The first-order valence-corrected chi connectivity index (χ1v) is 17.5. The van der Waals surface area contributed by atoms with Crippen LogP contribution in [0.1, 0.15) is 37.0 Å². The Labute approximate surface area is 265 Å². The molecule has 0 aliphatic heterocycles. The number of aryl methyl sites for hydroxylation is 3. The van der Waals surface area contributed by atoms with Crippen molar-refractivity contribution in [2.75, 3.05) is 19.8 Å². The molecule has 0 aliphatic rings. The van der Waals surface area contributed by atoms with E-state index in [0.717, 1.165) is 23.5 Å². The first kappa shape index (κ1) is 34.0. The fraction of sp³-hybridized carbons (Fsp3) is 0.314. The summed E-state index contributed by atoms with van der Waals surface area (Å²) in [6, 6.07) is 33.2. The Kier molecular flexibility index (Phi) is 13.3. The topological polar surface area (TPSA) is 47.9 Å². The van der Waals surface area contributed by atoms with Gasteiger partial charge in [-0.05, 0) is 89.6 Å². The summed E-state index contributed by atoms with van der Waals surface area (Å²) < 4.78 is 18.0. The fourth-order valence-electron chi connectivity index (χ4n) is 5.00. The maximum Gasteiger partial charge on any atom is 0.162 e. The molecule has 0 unspecified atom stereocenters. The maximum atomic E-state index is 10.9. The van der Waals surface area contributed by atoms with Gasteiger partial charge in [0.2, 0.25) is 0 Å². The van der Waals surface area contributed by atoms with E-state index in [4.69, 9.17) is 14.2 Å². The summed E-state index contributed by atoms with van der Waals surface area (Å²) in [6.07, 6.45) is 0.889. The molecule has 0 atom stereocenters. The number of hydrogen-bond donors (Lipinski definition) is 1. The van der Waals surface area contributed by atoms with Gasteiger partial charge in [0.1, 0.15) is 44.4 Å². The third-order valence-corrected chi connectivity index (χ3v) is 12.7. The number of phenols is 1. The van der Waals surface area contributed by atoms with Crippen molar-refractivity contribution in [1.82, 2.24) is 0 Å². The quantitative estimate of drug-likeness (QED) is 0.0974. The van der Waals surface area contributed by atoms with Crippen LogP contribution in [0.2, 0.25) is 6.04 Å². The SMILES string of the molecule is CCOC(OCC)[Si]CCCOc1ccc(O)cc1[P+](c1ccc(C)cc1)(c1ccc(C)cc1)c1ccc(C)cc1.[Br-]. The minimum Gasteiger partial charge on any atom is -1.00 e. The minimum absolute atomic E-state index is 0. The molecule has 0 bridgehead atoms. The number of rotatable bonds is 14. The molecule has 1 N–H and O–H groups in total. The molecule has 0 fully saturated rings. The molecule has 7 heteroatoms. The van der Waals surface area contributed by atoms with Crippen LogP contribution >= 0.6 is 7.26 Å². The molecule has 0 amide bonds. The molecule has 0 aliphatic carbocycles. The number of ether oxygens (including phenoxy) is 3. The van der Waals surface area contributed by atoms with Crippen LogP contribution in [0.4, 0.5) is 0 Å². The highest BCUT2D eigenvalue weighted by Crippen LogP contribution is 2.56. The Morgan fingerprint density at radius 2 is 1.14 bits per heavy atom. The third-order valence-electron chi connectivity index (χ3n) is 7.09. The maximum absolute atomic E-state index is 10.9. The summed E-state index contributed by atoms with van der Waals surface area (Å²) in [4.78, 5) is 0. The summed E-state index contributed by atoms with van der Waals surface area (Å²) >= 11 is 0. The first-order valence-electron chi connectivity index (χ1n) is 14.4. The van der Waals surface area contributed by atoms with Gasteiger partial charge in [-0.1, -0.05) is 59.1 Å². The summed E-state index contributed by atoms with van der Waals surface area (Å²) in [5, 5.41) is 15.6. The van der Waals surface area contributed by atoms with Crippen molar-refractivity contribution in [1.29, 1.82) is 0 Å². The molecule has 4 rings (SSSR count). The highest BCUT2D eigenvalue weighted by atomic mass is 79.9. The monoisotopic (exact) mass is 664 g/mol. The standard InChI is InChI=1S/C35H41O4PSi.BrH/c1-6-37-35(38-7-2)41-24-8-23-39-33-22-15-29(36)25-34(33)40(30-16-9-26(3)10-17-30,31-18-11-27(4)12-19-31)32-20-13-28(5)14-21-32;/h9-22,25,35H,6-8,23-24H2,1-5H3;1H. The molecular formula is C35H42BrO4PSi. The van der Waals surface area contributed by atoms with E-state index in [2.05, 4.69) is 93.6 Å². The third kappa shape index (κ3) is 8.12. The molecule has 0 saturated carbocycles. The molecule has 222 valence electrons. The molecular weight excluding hydrogens is 623 g/mol. The lowest BCUT2D eigenvalue weighted by Gasteiger charge is -2.29. The highest BCUT2D eigenvalue weighted by molar-refractivity contribution is 8.01. The summed E-state index contributed by atoms with van der Waals surface area (Å²) in [5.74, 6) is 0.908. The molecule has 4 aromatic rings. The van der Waals surface area contributed by atoms with Gasteiger partial charge in [0.05, 0.1) is 6.61 Å². The van der Waals surface area contributed by atoms with Crippen molar-refractivity contribution < 1.29 is 36.3 Å². The van der Waals surface area contributed by atoms with Crippen LogP contribution in [0, 0.1) is 20.8 Å².